The lowest BCUT2D eigenvalue weighted by Crippen LogP contribution is -2.45. The molecule has 0 fully saturated rings. The average Bonchev–Trinajstić information content (AvgIpc) is 2.99. The van der Waals surface area contributed by atoms with Gasteiger partial charge in [-0.05, 0) is 72.1 Å². The zero-order chi connectivity index (χ0) is 30.1. The molecule has 0 aromatic heterocycles. The Kier molecular flexibility index (Phi) is 9.72. The minimum Gasteiger partial charge on any atom is -0.493 e. The van der Waals surface area contributed by atoms with Gasteiger partial charge in [-0.15, -0.1) is 0 Å². The van der Waals surface area contributed by atoms with Crippen molar-refractivity contribution in [3.8, 4) is 17.2 Å². The Morgan fingerprint density at radius 1 is 1.02 bits per heavy atom. The summed E-state index contributed by atoms with van der Waals surface area (Å²) in [5, 5.41) is 9.20. The molecule has 0 saturated heterocycles. The highest BCUT2D eigenvalue weighted by Crippen LogP contribution is 2.34. The van der Waals surface area contributed by atoms with Crippen molar-refractivity contribution in [2.45, 2.75) is 19.6 Å². The normalized spacial score (nSPS) is 14.6. The quantitative estimate of drug-likeness (QED) is 0.180. The molecule has 218 valence electrons. The lowest BCUT2D eigenvalue weighted by Gasteiger charge is -2.28. The number of benzene rings is 3. The summed E-state index contributed by atoms with van der Waals surface area (Å²) in [6.45, 7) is 1.49. The Hall–Kier alpha value is -5.39. The Labute approximate surface area is 241 Å². The number of allylic oxidation sites excluding steroid dienone is 1. The molecule has 0 unspecified atom stereocenters. The largest absolute Gasteiger partial charge is 0.493 e. The van der Waals surface area contributed by atoms with Gasteiger partial charge in [0.2, 0.25) is 0 Å². The predicted octanol–water partition coefficient (Wildman–Crippen LogP) is 3.74. The number of urea groups is 1. The number of amides is 3. The fourth-order valence-electron chi connectivity index (χ4n) is 4.11. The summed E-state index contributed by atoms with van der Waals surface area (Å²) in [7, 11) is 2.68. The topological polar surface area (TPSA) is 137 Å². The third-order valence-electron chi connectivity index (χ3n) is 6.13. The van der Waals surface area contributed by atoms with Crippen molar-refractivity contribution in [1.82, 2.24) is 16.1 Å². The van der Waals surface area contributed by atoms with Gasteiger partial charge in [0, 0.05) is 5.70 Å². The van der Waals surface area contributed by atoms with Crippen LogP contribution in [0.1, 0.15) is 29.7 Å². The number of carbonyl (C=O) groups is 3. The van der Waals surface area contributed by atoms with Crippen LogP contribution in [0.25, 0.3) is 0 Å². The second-order valence-corrected chi connectivity index (χ2v) is 9.04. The second-order valence-electron chi connectivity index (χ2n) is 9.04. The average molecular weight is 577 g/mol. The predicted molar refractivity (Wildman–Crippen MR) is 151 cm³/mol. The number of ether oxygens (including phenoxy) is 4. The number of carbonyl (C=O) groups excluding carboxylic acids is 3. The number of nitrogens with zero attached hydrogens (tertiary/aromatic N) is 1. The van der Waals surface area contributed by atoms with Gasteiger partial charge in [-0.2, -0.15) is 5.10 Å². The van der Waals surface area contributed by atoms with E-state index in [1.165, 1.54) is 32.6 Å². The monoisotopic (exact) mass is 576 g/mol. The van der Waals surface area contributed by atoms with Crippen LogP contribution in [-0.4, -0.2) is 44.9 Å². The van der Waals surface area contributed by atoms with Gasteiger partial charge >= 0.3 is 12.0 Å². The van der Waals surface area contributed by atoms with Gasteiger partial charge < -0.3 is 29.6 Å². The Morgan fingerprint density at radius 3 is 2.52 bits per heavy atom. The second kappa shape index (κ2) is 13.8. The number of hydrazone groups is 1. The highest BCUT2D eigenvalue weighted by Gasteiger charge is 2.32. The number of methoxy groups -OCH3 is 2. The zero-order valence-corrected chi connectivity index (χ0v) is 23.1. The summed E-state index contributed by atoms with van der Waals surface area (Å²) >= 11 is 0. The summed E-state index contributed by atoms with van der Waals surface area (Å²) in [6, 6.07) is 16.7. The fraction of sp³-hybridized carbons (Fsp3) is 0.200. The van der Waals surface area contributed by atoms with Crippen LogP contribution >= 0.6 is 0 Å². The molecule has 0 aliphatic carbocycles. The molecule has 1 atom stereocenters. The molecular formula is C30H29FN4O7. The molecule has 1 aliphatic heterocycles. The molecule has 3 N–H and O–H groups in total. The number of nitrogens with one attached hydrogen (secondary N) is 3. The SMILES string of the molecule is COC(=O)C1=C(C)NC(=O)N[C@@H]1c1ccc(OCC(=O)N/N=C\c2ccc(OCc3cccc(F)c3)cc2)c(OC)c1. The van der Waals surface area contributed by atoms with Crippen molar-refractivity contribution in [3.05, 3.63) is 101 Å². The van der Waals surface area contributed by atoms with Gasteiger partial charge in [-0.3, -0.25) is 4.79 Å². The van der Waals surface area contributed by atoms with E-state index in [0.29, 0.717) is 28.1 Å². The number of halogens is 1. The van der Waals surface area contributed by atoms with Gasteiger partial charge in [0.25, 0.3) is 5.91 Å². The van der Waals surface area contributed by atoms with Crippen LogP contribution in [0, 0.1) is 5.82 Å². The van der Waals surface area contributed by atoms with E-state index in [0.717, 1.165) is 0 Å². The summed E-state index contributed by atoms with van der Waals surface area (Å²) < 4.78 is 34.8. The maximum atomic E-state index is 13.3. The summed E-state index contributed by atoms with van der Waals surface area (Å²) in [4.78, 5) is 36.7. The molecule has 3 amide bonds. The molecule has 3 aromatic rings. The number of hydrogen-bond donors (Lipinski definition) is 3. The van der Waals surface area contributed by atoms with Crippen molar-refractivity contribution in [2.75, 3.05) is 20.8 Å². The molecule has 0 bridgehead atoms. The van der Waals surface area contributed by atoms with Gasteiger partial charge in [0.15, 0.2) is 18.1 Å². The van der Waals surface area contributed by atoms with Crippen LogP contribution < -0.4 is 30.3 Å². The van der Waals surface area contributed by atoms with Gasteiger partial charge in [0.1, 0.15) is 18.2 Å². The van der Waals surface area contributed by atoms with E-state index < -0.39 is 23.9 Å². The molecule has 1 heterocycles. The first-order chi connectivity index (χ1) is 20.3. The van der Waals surface area contributed by atoms with E-state index in [1.54, 1.807) is 61.5 Å². The van der Waals surface area contributed by atoms with Gasteiger partial charge in [0.05, 0.1) is 32.0 Å². The molecule has 0 spiro atoms. The fourth-order valence-corrected chi connectivity index (χ4v) is 4.11. The van der Waals surface area contributed by atoms with Gasteiger partial charge in [-0.1, -0.05) is 18.2 Å². The molecule has 12 heteroatoms. The highest BCUT2D eigenvalue weighted by molar-refractivity contribution is 5.95. The first-order valence-corrected chi connectivity index (χ1v) is 12.7. The van der Waals surface area contributed by atoms with E-state index in [4.69, 9.17) is 18.9 Å². The van der Waals surface area contributed by atoms with Crippen molar-refractivity contribution < 1.29 is 37.7 Å². The first kappa shape index (κ1) is 29.6. The molecular weight excluding hydrogens is 547 g/mol. The minimum absolute atomic E-state index is 0.231. The van der Waals surface area contributed by atoms with Crippen molar-refractivity contribution >= 4 is 24.1 Å². The number of rotatable bonds is 11. The minimum atomic E-state index is -0.777. The molecule has 1 aliphatic rings. The Balaban J connectivity index is 1.30. The van der Waals surface area contributed by atoms with E-state index in [-0.39, 0.29) is 36.1 Å². The summed E-state index contributed by atoms with van der Waals surface area (Å²) in [5.74, 6) is -0.257. The summed E-state index contributed by atoms with van der Waals surface area (Å²) in [6.07, 6.45) is 1.46. The molecule has 0 radical (unpaired) electrons. The molecule has 42 heavy (non-hydrogen) atoms. The van der Waals surface area contributed by atoms with Crippen molar-refractivity contribution in [1.29, 1.82) is 0 Å². The number of hydrogen-bond acceptors (Lipinski definition) is 8. The molecule has 4 rings (SSSR count). The summed E-state index contributed by atoms with van der Waals surface area (Å²) in [5.41, 5.74) is 4.99. The van der Waals surface area contributed by atoms with Crippen molar-refractivity contribution in [3.63, 3.8) is 0 Å². The third kappa shape index (κ3) is 7.62. The van der Waals surface area contributed by atoms with E-state index in [2.05, 4.69) is 21.2 Å². The van der Waals surface area contributed by atoms with Crippen molar-refractivity contribution in [2.24, 2.45) is 5.10 Å². The van der Waals surface area contributed by atoms with E-state index in [1.807, 2.05) is 0 Å². The maximum Gasteiger partial charge on any atom is 0.337 e. The first-order valence-electron chi connectivity index (χ1n) is 12.7. The van der Waals surface area contributed by atoms with Crippen LogP contribution in [0.4, 0.5) is 9.18 Å². The van der Waals surface area contributed by atoms with E-state index >= 15 is 0 Å². The smallest absolute Gasteiger partial charge is 0.337 e. The molecule has 11 nitrogen and oxygen atoms in total. The Bertz CT molecular complexity index is 1520. The van der Waals surface area contributed by atoms with Crippen LogP contribution in [0.3, 0.4) is 0 Å². The standard InChI is InChI=1S/C30H29FN4O7/c1-18-27(29(37)40-3)28(34-30(38)33-18)21-9-12-24(25(14-21)39-2)42-17-26(36)35-32-15-19-7-10-23(11-8-19)41-16-20-5-4-6-22(31)13-20/h4-15,28H,16-17H2,1-3H3,(H,35,36)(H2,33,34,38)/b32-15-/t28-/m1/s1. The Morgan fingerprint density at radius 2 is 1.81 bits per heavy atom. The third-order valence-corrected chi connectivity index (χ3v) is 6.13. The highest BCUT2D eigenvalue weighted by atomic mass is 19.1. The number of esters is 1. The van der Waals surface area contributed by atoms with Gasteiger partial charge in [-0.25, -0.2) is 19.4 Å². The van der Waals surface area contributed by atoms with Crippen LogP contribution in [0.15, 0.2) is 83.1 Å². The van der Waals surface area contributed by atoms with Crippen LogP contribution in [0.5, 0.6) is 17.2 Å². The maximum absolute atomic E-state index is 13.3. The van der Waals surface area contributed by atoms with Crippen LogP contribution in [0.2, 0.25) is 0 Å². The lowest BCUT2D eigenvalue weighted by atomic mass is 9.95. The zero-order valence-electron chi connectivity index (χ0n) is 23.1. The van der Waals surface area contributed by atoms with Crippen LogP contribution in [-0.2, 0) is 20.9 Å². The lowest BCUT2D eigenvalue weighted by molar-refractivity contribution is -0.136. The van der Waals surface area contributed by atoms with E-state index in [9.17, 15) is 18.8 Å². The molecule has 0 saturated carbocycles. The molecule has 3 aromatic carbocycles.